The summed E-state index contributed by atoms with van der Waals surface area (Å²) in [6.07, 6.45) is 1.65. The molecule has 5 heteroatoms. The Morgan fingerprint density at radius 3 is 2.65 bits per heavy atom. The predicted octanol–water partition coefficient (Wildman–Crippen LogP) is 2.54. The molecule has 0 amide bonds. The van der Waals surface area contributed by atoms with Gasteiger partial charge >= 0.3 is 0 Å². The summed E-state index contributed by atoms with van der Waals surface area (Å²) in [6.45, 7) is 10.6. The second-order valence-corrected chi connectivity index (χ2v) is 6.12. The molecule has 0 spiro atoms. The van der Waals surface area contributed by atoms with Crippen molar-refractivity contribution in [2.75, 3.05) is 12.4 Å². The van der Waals surface area contributed by atoms with E-state index in [1.807, 2.05) is 4.68 Å². The number of hydrogen-bond acceptors (Lipinski definition) is 3. The topological polar surface area (TPSA) is 34.0 Å². The van der Waals surface area contributed by atoms with E-state index in [1.165, 1.54) is 0 Å². The molecule has 0 aliphatic heterocycles. The van der Waals surface area contributed by atoms with Gasteiger partial charge in [-0.15, -0.1) is 0 Å². The van der Waals surface area contributed by atoms with E-state index in [2.05, 4.69) is 65.7 Å². The first kappa shape index (κ1) is 14.6. The van der Waals surface area contributed by atoms with Crippen LogP contribution >= 0.6 is 15.9 Å². The first-order valence-corrected chi connectivity index (χ1v) is 7.13. The second kappa shape index (κ2) is 5.96. The summed E-state index contributed by atoms with van der Waals surface area (Å²) in [5.74, 6) is 1.63. The van der Waals surface area contributed by atoms with Gasteiger partial charge in [-0.05, 0) is 26.8 Å². The molecule has 0 aromatic carbocycles. The third kappa shape index (κ3) is 4.07. The maximum absolute atomic E-state index is 4.35. The molecule has 0 aliphatic rings. The van der Waals surface area contributed by atoms with E-state index in [9.17, 15) is 0 Å². The van der Waals surface area contributed by atoms with Crippen molar-refractivity contribution in [3.8, 4) is 0 Å². The van der Waals surface area contributed by atoms with Crippen LogP contribution in [0.1, 0.15) is 33.5 Å². The molecule has 17 heavy (non-hydrogen) atoms. The van der Waals surface area contributed by atoms with Gasteiger partial charge in [-0.2, -0.15) is 5.10 Å². The summed E-state index contributed by atoms with van der Waals surface area (Å²) >= 11 is 3.55. The third-order valence-corrected chi connectivity index (χ3v) is 4.35. The molecule has 98 valence electrons. The summed E-state index contributed by atoms with van der Waals surface area (Å²) in [7, 11) is 2.12. The van der Waals surface area contributed by atoms with Gasteiger partial charge in [0, 0.05) is 17.4 Å². The lowest BCUT2D eigenvalue weighted by Crippen LogP contribution is -2.42. The van der Waals surface area contributed by atoms with Crippen molar-refractivity contribution in [2.45, 2.75) is 46.3 Å². The minimum atomic E-state index is 0.120. The monoisotopic (exact) mass is 302 g/mol. The molecule has 0 N–H and O–H groups in total. The zero-order chi connectivity index (χ0) is 13.1. The molecule has 0 bridgehead atoms. The van der Waals surface area contributed by atoms with Crippen LogP contribution in [0, 0.1) is 5.92 Å². The van der Waals surface area contributed by atoms with Gasteiger partial charge in [0.05, 0.1) is 6.54 Å². The van der Waals surface area contributed by atoms with E-state index in [1.54, 1.807) is 6.33 Å². The zero-order valence-corrected chi connectivity index (χ0v) is 13.0. The van der Waals surface area contributed by atoms with Crippen molar-refractivity contribution in [3.05, 3.63) is 12.2 Å². The normalized spacial score (nSPS) is 12.7. The van der Waals surface area contributed by atoms with Crippen LogP contribution in [-0.2, 0) is 13.1 Å². The lowest BCUT2D eigenvalue weighted by Gasteiger charge is -2.33. The molecule has 0 fully saturated rings. The molecule has 1 heterocycles. The van der Waals surface area contributed by atoms with Gasteiger partial charge < -0.3 is 0 Å². The highest BCUT2D eigenvalue weighted by Crippen LogP contribution is 2.17. The zero-order valence-electron chi connectivity index (χ0n) is 11.4. The molecule has 1 aromatic heterocycles. The largest absolute Gasteiger partial charge is 0.293 e. The smallest absolute Gasteiger partial charge is 0.141 e. The van der Waals surface area contributed by atoms with E-state index in [0.29, 0.717) is 5.92 Å². The summed E-state index contributed by atoms with van der Waals surface area (Å²) in [6, 6.07) is 0. The molecule has 0 atom stereocenters. The number of rotatable bonds is 6. The molecule has 0 saturated carbocycles. The average molecular weight is 303 g/mol. The molecular weight excluding hydrogens is 280 g/mol. The molecular formula is C12H23BrN4. The van der Waals surface area contributed by atoms with Gasteiger partial charge in [0.25, 0.3) is 0 Å². The predicted molar refractivity (Wildman–Crippen MR) is 74.2 cm³/mol. The van der Waals surface area contributed by atoms with Crippen molar-refractivity contribution in [2.24, 2.45) is 5.92 Å². The molecule has 1 aromatic rings. The number of hydrogen-bond donors (Lipinski definition) is 0. The van der Waals surface area contributed by atoms with Gasteiger partial charge in [-0.1, -0.05) is 29.8 Å². The highest BCUT2D eigenvalue weighted by molar-refractivity contribution is 9.09. The number of aromatic nitrogens is 3. The summed E-state index contributed by atoms with van der Waals surface area (Å²) in [4.78, 5) is 6.65. The van der Waals surface area contributed by atoms with Crippen molar-refractivity contribution in [1.29, 1.82) is 0 Å². The van der Waals surface area contributed by atoms with E-state index in [4.69, 9.17) is 0 Å². The van der Waals surface area contributed by atoms with Crippen LogP contribution in [0.25, 0.3) is 0 Å². The summed E-state index contributed by atoms with van der Waals surface area (Å²) < 4.78 is 2.01. The highest BCUT2D eigenvalue weighted by Gasteiger charge is 2.23. The van der Waals surface area contributed by atoms with Crippen LogP contribution in [0.2, 0.25) is 0 Å². The molecule has 0 saturated heterocycles. The number of nitrogens with zero attached hydrogens (tertiary/aromatic N) is 4. The Labute approximate surface area is 113 Å². The van der Waals surface area contributed by atoms with Crippen LogP contribution < -0.4 is 0 Å². The standard InChI is InChI=1S/C12H23BrN4/c1-10(2)6-17-11(14-9-15-17)7-16(5)12(3,4)8-13/h9-10H,6-8H2,1-5H3. The Bertz CT molecular complexity index is 346. The molecule has 1 rings (SSSR count). The van der Waals surface area contributed by atoms with E-state index in [-0.39, 0.29) is 5.54 Å². The van der Waals surface area contributed by atoms with Crippen LogP contribution in [0.15, 0.2) is 6.33 Å². The Morgan fingerprint density at radius 2 is 2.12 bits per heavy atom. The summed E-state index contributed by atoms with van der Waals surface area (Å²) in [5, 5.41) is 5.22. The number of alkyl halides is 1. The van der Waals surface area contributed by atoms with Gasteiger partial charge in [0.15, 0.2) is 0 Å². The average Bonchev–Trinajstić information content (AvgIpc) is 2.64. The van der Waals surface area contributed by atoms with Crippen molar-refractivity contribution in [1.82, 2.24) is 19.7 Å². The van der Waals surface area contributed by atoms with Gasteiger partial charge in [-0.3, -0.25) is 4.90 Å². The fourth-order valence-corrected chi connectivity index (χ4v) is 1.87. The fourth-order valence-electron chi connectivity index (χ4n) is 1.44. The Morgan fingerprint density at radius 1 is 1.47 bits per heavy atom. The molecule has 0 unspecified atom stereocenters. The van der Waals surface area contributed by atoms with Crippen molar-refractivity contribution >= 4 is 15.9 Å². The maximum atomic E-state index is 4.35. The highest BCUT2D eigenvalue weighted by atomic mass is 79.9. The Balaban J connectivity index is 2.72. The quantitative estimate of drug-likeness (QED) is 0.757. The third-order valence-electron chi connectivity index (χ3n) is 2.97. The first-order valence-electron chi connectivity index (χ1n) is 6.00. The van der Waals surface area contributed by atoms with Crippen LogP contribution in [0.5, 0.6) is 0 Å². The van der Waals surface area contributed by atoms with Gasteiger partial charge in [0.2, 0.25) is 0 Å². The first-order chi connectivity index (χ1) is 7.86. The second-order valence-electron chi connectivity index (χ2n) is 5.55. The lowest BCUT2D eigenvalue weighted by molar-refractivity contribution is 0.165. The summed E-state index contributed by atoms with van der Waals surface area (Å²) in [5.41, 5.74) is 0.120. The van der Waals surface area contributed by atoms with Gasteiger partial charge in [-0.25, -0.2) is 9.67 Å². The van der Waals surface area contributed by atoms with Crippen molar-refractivity contribution in [3.63, 3.8) is 0 Å². The van der Waals surface area contributed by atoms with E-state index >= 15 is 0 Å². The Hall–Kier alpha value is -0.420. The number of halogens is 1. The van der Waals surface area contributed by atoms with Crippen LogP contribution in [-0.4, -0.2) is 37.6 Å². The molecule has 4 nitrogen and oxygen atoms in total. The van der Waals surface area contributed by atoms with Crippen LogP contribution in [0.4, 0.5) is 0 Å². The molecule has 0 aliphatic carbocycles. The fraction of sp³-hybridized carbons (Fsp3) is 0.833. The van der Waals surface area contributed by atoms with Crippen LogP contribution in [0.3, 0.4) is 0 Å². The minimum absolute atomic E-state index is 0.120. The lowest BCUT2D eigenvalue weighted by atomic mass is 10.1. The Kier molecular flexibility index (Phi) is 5.13. The minimum Gasteiger partial charge on any atom is -0.293 e. The molecule has 0 radical (unpaired) electrons. The van der Waals surface area contributed by atoms with Gasteiger partial charge in [0.1, 0.15) is 12.2 Å². The SMILES string of the molecule is CC(C)Cn1ncnc1CN(C)C(C)(C)CBr. The van der Waals surface area contributed by atoms with E-state index < -0.39 is 0 Å². The van der Waals surface area contributed by atoms with E-state index in [0.717, 1.165) is 24.2 Å². The van der Waals surface area contributed by atoms with Crippen molar-refractivity contribution < 1.29 is 0 Å². The maximum Gasteiger partial charge on any atom is 0.141 e.